The Hall–Kier alpha value is -3.64. The molecule has 2 aromatic rings. The summed E-state index contributed by atoms with van der Waals surface area (Å²) < 4.78 is 5.68. The molecule has 7 N–H and O–H groups in total. The molecule has 0 spiro atoms. The van der Waals surface area contributed by atoms with Gasteiger partial charge in [0.25, 0.3) is 11.8 Å². The number of fused-ring (bicyclic) bond motifs is 1. The minimum atomic E-state index is -1.49. The van der Waals surface area contributed by atoms with E-state index >= 15 is 0 Å². The molecule has 0 radical (unpaired) electrons. The molecule has 1 fully saturated rings. The number of carbonyl (C=O) groups excluding carboxylic acids is 3. The van der Waals surface area contributed by atoms with Crippen molar-refractivity contribution in [2.24, 2.45) is 5.16 Å². The molecule has 0 aliphatic carbocycles. The Morgan fingerprint density at radius 1 is 1.38 bits per heavy atom. The molecule has 4 heterocycles. The summed E-state index contributed by atoms with van der Waals surface area (Å²) in [4.78, 5) is 51.9. The highest BCUT2D eigenvalue weighted by Gasteiger charge is 2.53. The zero-order valence-corrected chi connectivity index (χ0v) is 22.0. The van der Waals surface area contributed by atoms with Crippen LogP contribution in [0.5, 0.6) is 0 Å². The highest BCUT2D eigenvalue weighted by atomic mass is 32.2. The third-order valence-electron chi connectivity index (χ3n) is 5.33. The van der Waals surface area contributed by atoms with Crippen LogP contribution in [0.1, 0.15) is 12.7 Å². The van der Waals surface area contributed by atoms with Crippen molar-refractivity contribution in [2.45, 2.75) is 30.0 Å². The van der Waals surface area contributed by atoms with Crippen molar-refractivity contribution in [3.63, 3.8) is 0 Å². The fourth-order valence-corrected chi connectivity index (χ4v) is 6.73. The van der Waals surface area contributed by atoms with E-state index in [-0.39, 0.29) is 39.7 Å². The second kappa shape index (κ2) is 10.8. The van der Waals surface area contributed by atoms with Crippen molar-refractivity contribution in [1.82, 2.24) is 24.6 Å². The minimum absolute atomic E-state index is 0.0588. The first-order chi connectivity index (χ1) is 17.7. The fraction of sp³-hybridized carbons (Fsp3) is 0.368. The fourth-order valence-electron chi connectivity index (χ4n) is 3.72. The number of amides is 2. The number of hydrogen-bond acceptors (Lipinski definition) is 15. The van der Waals surface area contributed by atoms with Crippen molar-refractivity contribution < 1.29 is 28.9 Å². The van der Waals surface area contributed by atoms with Crippen molar-refractivity contribution >= 4 is 75.3 Å². The van der Waals surface area contributed by atoms with E-state index in [1.54, 1.807) is 4.57 Å². The molecular formula is C19H22N10O5S3. The van der Waals surface area contributed by atoms with E-state index in [1.165, 1.54) is 36.7 Å². The van der Waals surface area contributed by atoms with Gasteiger partial charge in [-0.25, -0.2) is 4.57 Å². The molecule has 0 aromatic carbocycles. The molecule has 4 rings (SSSR count). The number of anilines is 3. The van der Waals surface area contributed by atoms with Crippen molar-refractivity contribution in [2.75, 3.05) is 35.8 Å². The summed E-state index contributed by atoms with van der Waals surface area (Å²) in [6, 6.07) is 0.535. The lowest BCUT2D eigenvalue weighted by Crippen LogP contribution is -2.71. The van der Waals surface area contributed by atoms with Crippen LogP contribution in [0, 0.1) is 0 Å². The van der Waals surface area contributed by atoms with Gasteiger partial charge in [0.15, 0.2) is 5.13 Å². The largest absolute Gasteiger partial charge is 0.543 e. The molecule has 2 aliphatic rings. The number of aliphatic carboxylic acids is 1. The van der Waals surface area contributed by atoms with Crippen LogP contribution in [0.25, 0.3) is 0 Å². The van der Waals surface area contributed by atoms with Crippen molar-refractivity contribution in [1.29, 1.82) is 0 Å². The van der Waals surface area contributed by atoms with Crippen molar-refractivity contribution in [3.05, 3.63) is 23.2 Å². The van der Waals surface area contributed by atoms with Crippen molar-refractivity contribution in [3.8, 4) is 0 Å². The summed E-state index contributed by atoms with van der Waals surface area (Å²) in [7, 11) is 1.24. The zero-order chi connectivity index (χ0) is 26.9. The minimum Gasteiger partial charge on any atom is -0.543 e. The summed E-state index contributed by atoms with van der Waals surface area (Å²) in [6.45, 7) is 2.43. The van der Waals surface area contributed by atoms with Crippen LogP contribution in [-0.2, 0) is 25.8 Å². The number of β-lactam (4-membered cyclic amide) rings is 1. The van der Waals surface area contributed by atoms with Crippen LogP contribution >= 0.6 is 35.1 Å². The number of hydrogen-bond donors (Lipinski definition) is 4. The predicted molar refractivity (Wildman–Crippen MR) is 135 cm³/mol. The monoisotopic (exact) mass is 566 g/mol. The molecule has 2 amide bonds. The summed E-state index contributed by atoms with van der Waals surface area (Å²) in [5.74, 6) is -1.78. The molecule has 0 bridgehead atoms. The Balaban J connectivity index is 1.52. The molecule has 15 nitrogen and oxygen atoms in total. The summed E-state index contributed by atoms with van der Waals surface area (Å²) in [5, 5.41) is 18.2. The molecule has 2 atom stereocenters. The maximum Gasteiger partial charge on any atom is 0.301 e. The first-order valence-electron chi connectivity index (χ1n) is 10.6. The number of carbonyl (C=O) groups is 3. The lowest BCUT2D eigenvalue weighted by atomic mass is 10.0. The third-order valence-corrected chi connectivity index (χ3v) is 8.28. The van der Waals surface area contributed by atoms with Gasteiger partial charge in [-0.1, -0.05) is 10.1 Å². The summed E-state index contributed by atoms with van der Waals surface area (Å²) in [5.41, 5.74) is 17.4. The average molecular weight is 567 g/mol. The topological polar surface area (TPSA) is 232 Å². The van der Waals surface area contributed by atoms with E-state index in [0.29, 0.717) is 23.1 Å². The van der Waals surface area contributed by atoms with E-state index in [4.69, 9.17) is 22.0 Å². The van der Waals surface area contributed by atoms with Gasteiger partial charge in [-0.2, -0.15) is 9.36 Å². The number of carboxylic acid groups (broad SMARTS) is 1. The van der Waals surface area contributed by atoms with Crippen LogP contribution < -0.4 is 32.2 Å². The Kier molecular flexibility index (Phi) is 7.69. The zero-order valence-electron chi connectivity index (χ0n) is 19.5. The van der Waals surface area contributed by atoms with Gasteiger partial charge in [-0.3, -0.25) is 14.5 Å². The molecular weight excluding hydrogens is 544 g/mol. The normalized spacial score (nSPS) is 19.4. The van der Waals surface area contributed by atoms with E-state index in [0.717, 1.165) is 16.4 Å². The number of aromatic nitrogens is 4. The highest BCUT2D eigenvalue weighted by Crippen LogP contribution is 2.41. The van der Waals surface area contributed by atoms with Crippen LogP contribution in [-0.4, -0.2) is 72.8 Å². The van der Waals surface area contributed by atoms with E-state index in [1.807, 2.05) is 6.92 Å². The number of nitrogens with one attached hydrogen (secondary N) is 1. The van der Waals surface area contributed by atoms with E-state index in [2.05, 4.69) is 24.8 Å². The second-order valence-corrected chi connectivity index (χ2v) is 10.4. The maximum absolute atomic E-state index is 13.0. The first-order valence-corrected chi connectivity index (χ1v) is 13.4. The standard InChI is InChI=1S/C19H22N10O5S3/c1-3-28-9(21)4-8(20)23-19(28)36-6-7-5-35-16-11(15(31)29(16)12(7)17(32)33)24-14(30)10(26-34-2)13-25-18(22)37-27-13/h4,11,16H,3,5-6H2,1-2H3,(H7,20,21,22,24,25,27,30,32,33)/b26-10-. The number of nitrogens with two attached hydrogens (primary N) is 3. The van der Waals surface area contributed by atoms with E-state index in [9.17, 15) is 19.5 Å². The molecule has 2 unspecified atom stereocenters. The lowest BCUT2D eigenvalue weighted by Gasteiger charge is -2.50. The number of carboxylic acids is 1. The van der Waals surface area contributed by atoms with Gasteiger partial charge in [0, 0.05) is 23.0 Å². The molecule has 196 valence electrons. The number of thioether (sulfide) groups is 2. The molecule has 2 aromatic heterocycles. The molecule has 0 saturated carbocycles. The Morgan fingerprint density at radius 2 is 2.14 bits per heavy atom. The Morgan fingerprint density at radius 3 is 2.76 bits per heavy atom. The Bertz CT molecular complexity index is 1330. The third kappa shape index (κ3) is 5.12. The van der Waals surface area contributed by atoms with Gasteiger partial charge >= 0.3 is 5.16 Å². The van der Waals surface area contributed by atoms with Gasteiger partial charge in [-0.15, -0.1) is 11.8 Å². The summed E-state index contributed by atoms with van der Waals surface area (Å²) >= 11 is 3.41. The number of nitrogen functional groups attached to an aromatic ring is 3. The van der Waals surface area contributed by atoms with Crippen LogP contribution in [0.15, 0.2) is 27.6 Å². The molecule has 2 aliphatic heterocycles. The smallest absolute Gasteiger partial charge is 0.301 e. The number of nitrogens with zero attached hydrogens (tertiary/aromatic N) is 6. The average Bonchev–Trinajstić information content (AvgIpc) is 3.28. The van der Waals surface area contributed by atoms with E-state index < -0.39 is 29.2 Å². The Labute approximate surface area is 222 Å². The summed E-state index contributed by atoms with van der Waals surface area (Å²) in [6.07, 6.45) is 0. The van der Waals surface area contributed by atoms with Gasteiger partial charge in [0.1, 0.15) is 18.5 Å². The molecule has 1 saturated heterocycles. The van der Waals surface area contributed by atoms with Gasteiger partial charge in [0.2, 0.25) is 23.2 Å². The van der Waals surface area contributed by atoms with Gasteiger partial charge < -0.3 is 37.3 Å². The quantitative estimate of drug-likeness (QED) is 0.0616. The van der Waals surface area contributed by atoms with Gasteiger partial charge in [0.05, 0.1) is 24.3 Å². The molecule has 37 heavy (non-hydrogen) atoms. The van der Waals surface area contributed by atoms with Gasteiger partial charge in [-0.05, 0) is 24.3 Å². The molecule has 18 heteroatoms. The van der Waals surface area contributed by atoms with Crippen LogP contribution in [0.2, 0.25) is 0 Å². The van der Waals surface area contributed by atoms with Crippen LogP contribution in [0.3, 0.4) is 0 Å². The number of rotatable bonds is 9. The van der Waals surface area contributed by atoms with Crippen LogP contribution in [0.4, 0.5) is 16.8 Å². The first kappa shape index (κ1) is 26.4. The maximum atomic E-state index is 13.0. The lowest BCUT2D eigenvalue weighted by molar-refractivity contribution is -0.719. The highest BCUT2D eigenvalue weighted by molar-refractivity contribution is 8.01. The SMILES string of the molecule is CC[n+]1c(N)cc(N)nc1SCC1=C(C(=O)[O-])N2C(=O)C(NC(=O)/C(=N\OC)c3nsc(N)n3)C2SC1. The number of oxime groups is 1. The predicted octanol–water partition coefficient (Wildman–Crippen LogP) is -2.47. The second-order valence-electron chi connectivity index (χ2n) is 7.60.